The Hall–Kier alpha value is -5.84. The Morgan fingerprint density at radius 3 is 1.90 bits per heavy atom. The predicted molar refractivity (Wildman–Crippen MR) is 173 cm³/mol. The molecule has 5 aliphatic rings. The molecule has 9 rings (SSSR count). The smallest absolute Gasteiger partial charge is 0.316 e. The van der Waals surface area contributed by atoms with Gasteiger partial charge in [0.05, 0.1) is 47.2 Å². The number of benzene rings is 4. The van der Waals surface area contributed by atoms with E-state index in [1.165, 1.54) is 35.1 Å². The molecule has 0 radical (unpaired) electrons. The number of anilines is 2. The zero-order valence-corrected chi connectivity index (χ0v) is 26.0. The summed E-state index contributed by atoms with van der Waals surface area (Å²) in [6.07, 6.45) is -0.108. The van der Waals surface area contributed by atoms with Crippen LogP contribution >= 0.6 is 0 Å². The van der Waals surface area contributed by atoms with E-state index >= 15 is 0 Å². The lowest BCUT2D eigenvalue weighted by Gasteiger charge is -2.45. The summed E-state index contributed by atoms with van der Waals surface area (Å²) in [5.41, 5.74) is 5.56. The molecule has 2 bridgehead atoms. The van der Waals surface area contributed by atoms with Crippen molar-refractivity contribution in [2.75, 3.05) is 23.5 Å². The topological polar surface area (TPSA) is 136 Å². The number of imide groups is 1. The van der Waals surface area contributed by atoms with Crippen molar-refractivity contribution in [2.24, 2.45) is 17.8 Å². The summed E-state index contributed by atoms with van der Waals surface area (Å²) >= 11 is 0. The average Bonchev–Trinajstić information content (AvgIpc) is 3.61. The molecule has 0 saturated carbocycles. The van der Waals surface area contributed by atoms with Gasteiger partial charge in [0, 0.05) is 30.9 Å². The highest BCUT2D eigenvalue weighted by molar-refractivity contribution is 6.23. The molecule has 0 spiro atoms. The van der Waals surface area contributed by atoms with Gasteiger partial charge >= 0.3 is 5.97 Å². The second-order valence-corrected chi connectivity index (χ2v) is 12.7. The second kappa shape index (κ2) is 10.9. The van der Waals surface area contributed by atoms with Crippen LogP contribution in [0.4, 0.5) is 17.1 Å². The van der Waals surface area contributed by atoms with Gasteiger partial charge in [-0.25, -0.2) is 4.90 Å². The third-order valence-corrected chi connectivity index (χ3v) is 10.2. The van der Waals surface area contributed by atoms with Crippen molar-refractivity contribution in [1.82, 2.24) is 0 Å². The van der Waals surface area contributed by atoms with Gasteiger partial charge in [-0.1, -0.05) is 48.5 Å². The molecule has 0 N–H and O–H groups in total. The molecular formula is C37H29N3O8. The van der Waals surface area contributed by atoms with Gasteiger partial charge in [0.25, 0.3) is 5.69 Å². The number of hydrogen-bond acceptors (Lipinski definition) is 8. The van der Waals surface area contributed by atoms with E-state index in [4.69, 9.17) is 9.47 Å². The lowest BCUT2D eigenvalue weighted by atomic mass is 9.55. The molecule has 3 amide bonds. The molecule has 0 aromatic heterocycles. The number of nitrogens with zero attached hydrogens (tertiary/aromatic N) is 3. The van der Waals surface area contributed by atoms with Crippen molar-refractivity contribution in [2.45, 2.75) is 25.2 Å². The molecule has 2 fully saturated rings. The molecule has 2 saturated heterocycles. The number of rotatable bonds is 6. The van der Waals surface area contributed by atoms with Gasteiger partial charge in [-0.15, -0.1) is 0 Å². The summed E-state index contributed by atoms with van der Waals surface area (Å²) < 4.78 is 11.0. The highest BCUT2D eigenvalue weighted by Crippen LogP contribution is 2.61. The third-order valence-electron chi connectivity index (χ3n) is 10.2. The number of nitro benzene ring substituents is 1. The van der Waals surface area contributed by atoms with Crippen LogP contribution in [0.1, 0.15) is 46.1 Å². The quantitative estimate of drug-likeness (QED) is 0.0912. The fourth-order valence-electron chi connectivity index (χ4n) is 8.16. The number of carbonyl (C=O) groups excluding carboxylic acids is 4. The van der Waals surface area contributed by atoms with E-state index in [9.17, 15) is 29.3 Å². The minimum atomic E-state index is -0.791. The number of aryl methyl sites for hydroxylation is 1. The van der Waals surface area contributed by atoms with Gasteiger partial charge in [0.1, 0.15) is 11.5 Å². The van der Waals surface area contributed by atoms with Crippen molar-refractivity contribution in [3.05, 3.63) is 123 Å². The fraction of sp³-hybridized carbons (Fsp3) is 0.243. The van der Waals surface area contributed by atoms with Gasteiger partial charge in [-0.2, -0.15) is 0 Å². The van der Waals surface area contributed by atoms with Crippen LogP contribution in [0.25, 0.3) is 0 Å². The van der Waals surface area contributed by atoms with Crippen LogP contribution < -0.4 is 19.3 Å². The summed E-state index contributed by atoms with van der Waals surface area (Å²) in [5, 5.41) is 11.2. The third kappa shape index (κ3) is 4.27. The number of esters is 1. The van der Waals surface area contributed by atoms with Crippen LogP contribution in [-0.4, -0.2) is 42.3 Å². The fourth-order valence-corrected chi connectivity index (χ4v) is 8.16. The summed E-state index contributed by atoms with van der Waals surface area (Å²) in [7, 11) is 1.35. The highest BCUT2D eigenvalue weighted by atomic mass is 16.6. The lowest BCUT2D eigenvalue weighted by Crippen LogP contribution is -2.41. The van der Waals surface area contributed by atoms with Crippen LogP contribution in [0.3, 0.4) is 0 Å². The number of carbonyl (C=O) groups is 4. The van der Waals surface area contributed by atoms with Crippen molar-refractivity contribution in [3.8, 4) is 11.5 Å². The average molecular weight is 644 g/mol. The molecule has 3 aliphatic carbocycles. The van der Waals surface area contributed by atoms with E-state index in [1.54, 1.807) is 25.1 Å². The first-order chi connectivity index (χ1) is 23.2. The first-order valence-corrected chi connectivity index (χ1v) is 15.7. The van der Waals surface area contributed by atoms with E-state index in [1.807, 2.05) is 24.3 Å². The van der Waals surface area contributed by atoms with Crippen molar-refractivity contribution < 1.29 is 33.6 Å². The molecule has 0 unspecified atom stereocenters. The zero-order valence-electron chi connectivity index (χ0n) is 26.0. The van der Waals surface area contributed by atoms with E-state index < -0.39 is 28.6 Å². The zero-order chi connectivity index (χ0) is 33.4. The van der Waals surface area contributed by atoms with Gasteiger partial charge in [-0.05, 0) is 59.0 Å². The molecule has 3 atom stereocenters. The van der Waals surface area contributed by atoms with Gasteiger partial charge in [0.2, 0.25) is 17.7 Å². The van der Waals surface area contributed by atoms with Crippen molar-refractivity contribution in [1.29, 1.82) is 0 Å². The molecule has 48 heavy (non-hydrogen) atoms. The Bertz CT molecular complexity index is 1980. The number of hydrogen-bond donors (Lipinski definition) is 0. The van der Waals surface area contributed by atoms with Crippen LogP contribution in [0, 0.1) is 34.8 Å². The molecule has 11 heteroatoms. The molecule has 2 heterocycles. The van der Waals surface area contributed by atoms with E-state index in [0.717, 1.165) is 22.3 Å². The lowest BCUT2D eigenvalue weighted by molar-refractivity contribution is -0.384. The number of non-ortho nitro benzene ring substituents is 1. The summed E-state index contributed by atoms with van der Waals surface area (Å²) in [6, 6.07) is 24.9. The van der Waals surface area contributed by atoms with Crippen LogP contribution in [0.5, 0.6) is 11.5 Å². The first-order valence-electron chi connectivity index (χ1n) is 15.7. The number of nitro groups is 1. The van der Waals surface area contributed by atoms with Crippen LogP contribution in [0.15, 0.2) is 84.9 Å². The molecule has 2 aliphatic heterocycles. The Kier molecular flexibility index (Phi) is 6.69. The summed E-state index contributed by atoms with van der Waals surface area (Å²) in [5.74, 6) is -3.31. The monoisotopic (exact) mass is 643 g/mol. The van der Waals surface area contributed by atoms with E-state index in [-0.39, 0.29) is 59.7 Å². The minimum Gasteiger partial charge on any atom is -0.494 e. The number of amides is 3. The predicted octanol–water partition coefficient (Wildman–Crippen LogP) is 5.27. The highest BCUT2D eigenvalue weighted by Gasteiger charge is 2.61. The number of methoxy groups -OCH3 is 1. The van der Waals surface area contributed by atoms with Crippen molar-refractivity contribution >= 4 is 40.8 Å². The standard InChI is InChI=1S/C37H29N3O8/c1-19-15-22(48-37(44)20-16-30(41)38(18-20)28-13-11-21(40(45)46)17-29(28)47-2)12-14-27(19)39-35(42)33-31-23-7-3-4-8-24(23)32(34(33)36(39)43)26-10-6-5-9-25(26)31/h3-15,17,20,31-34H,16,18H2,1-2H3/t20-,31?,32?,33-,34+/m1/s1. The molecule has 4 aromatic rings. The van der Waals surface area contributed by atoms with Crippen LogP contribution in [0.2, 0.25) is 0 Å². The largest absolute Gasteiger partial charge is 0.494 e. The Morgan fingerprint density at radius 2 is 1.38 bits per heavy atom. The van der Waals surface area contributed by atoms with Gasteiger partial charge < -0.3 is 14.4 Å². The van der Waals surface area contributed by atoms with Gasteiger partial charge in [-0.3, -0.25) is 29.3 Å². The SMILES string of the molecule is COc1cc([N+](=O)[O-])ccc1N1C[C@H](C(=O)Oc2ccc(N3C(=O)[C@@H]4C5c6ccccc6C(c6ccccc65)[C@@H]4C3=O)c(C)c2)CC1=O. The first kappa shape index (κ1) is 29.6. The minimum absolute atomic E-state index is 0.00950. The van der Waals surface area contributed by atoms with Gasteiger partial charge in [0.15, 0.2) is 0 Å². The normalized spacial score (nSPS) is 23.5. The summed E-state index contributed by atoms with van der Waals surface area (Å²) in [6.45, 7) is 1.77. The maximum Gasteiger partial charge on any atom is 0.316 e. The Labute approximate surface area is 274 Å². The Morgan fingerprint density at radius 1 is 0.812 bits per heavy atom. The van der Waals surface area contributed by atoms with E-state index in [2.05, 4.69) is 24.3 Å². The van der Waals surface area contributed by atoms with Crippen LogP contribution in [-0.2, 0) is 19.2 Å². The Balaban J connectivity index is 1.02. The summed E-state index contributed by atoms with van der Waals surface area (Å²) in [4.78, 5) is 67.7. The maximum atomic E-state index is 14.2. The van der Waals surface area contributed by atoms with E-state index in [0.29, 0.717) is 16.9 Å². The molecule has 240 valence electrons. The molecule has 11 nitrogen and oxygen atoms in total. The van der Waals surface area contributed by atoms with Crippen molar-refractivity contribution in [3.63, 3.8) is 0 Å². The molecular weight excluding hydrogens is 614 g/mol. The maximum absolute atomic E-state index is 14.2. The second-order valence-electron chi connectivity index (χ2n) is 12.7. The molecule has 4 aromatic carbocycles. The number of ether oxygens (including phenoxy) is 2.